The topological polar surface area (TPSA) is 63.1 Å². The molecule has 0 saturated heterocycles. The molecular weight excluding hydrogens is 247 g/mol. The molecule has 0 aliphatic heterocycles. The smallest absolute Gasteiger partial charge is 0.373 e. The van der Waals surface area contributed by atoms with E-state index in [-0.39, 0.29) is 16.5 Å². The van der Waals surface area contributed by atoms with Gasteiger partial charge in [0, 0.05) is 5.56 Å². The lowest BCUT2D eigenvalue weighted by molar-refractivity contribution is 0.0683. The highest BCUT2D eigenvalue weighted by Gasteiger charge is 2.12. The minimum atomic E-state index is -1.25. The van der Waals surface area contributed by atoms with Gasteiger partial charge in [0.15, 0.2) is 0 Å². The van der Waals surface area contributed by atoms with Crippen LogP contribution >= 0.6 is 11.6 Å². The molecule has 0 spiro atoms. The number of carboxylic acid groups (broad SMARTS) is 1. The summed E-state index contributed by atoms with van der Waals surface area (Å²) in [5.74, 6) is -1.99. The number of benzene rings is 1. The van der Waals surface area contributed by atoms with Crippen molar-refractivity contribution in [1.29, 1.82) is 0 Å². The van der Waals surface area contributed by atoms with Gasteiger partial charge in [-0.1, -0.05) is 11.6 Å². The number of hydrogen-bond acceptors (Lipinski definition) is 3. The van der Waals surface area contributed by atoms with Gasteiger partial charge in [-0.3, -0.25) is 0 Å². The van der Waals surface area contributed by atoms with Gasteiger partial charge in [0.2, 0.25) is 5.82 Å². The average molecular weight is 253 g/mol. The van der Waals surface area contributed by atoms with Gasteiger partial charge in [-0.25, -0.2) is 19.2 Å². The predicted molar refractivity (Wildman–Crippen MR) is 59.4 cm³/mol. The van der Waals surface area contributed by atoms with Gasteiger partial charge in [0.1, 0.15) is 5.82 Å². The van der Waals surface area contributed by atoms with Crippen LogP contribution in [0.2, 0.25) is 5.02 Å². The van der Waals surface area contributed by atoms with Gasteiger partial charge in [-0.2, -0.15) is 0 Å². The maximum absolute atomic E-state index is 12.8. The molecule has 1 N–H and O–H groups in total. The third kappa shape index (κ3) is 2.39. The summed E-state index contributed by atoms with van der Waals surface area (Å²) in [6.45, 7) is 0. The fourth-order valence-corrected chi connectivity index (χ4v) is 1.48. The van der Waals surface area contributed by atoms with E-state index in [1.54, 1.807) is 0 Å². The van der Waals surface area contributed by atoms with Crippen molar-refractivity contribution >= 4 is 17.6 Å². The van der Waals surface area contributed by atoms with E-state index in [0.717, 1.165) is 0 Å². The van der Waals surface area contributed by atoms with E-state index >= 15 is 0 Å². The molecular formula is C11H6ClFN2O2. The fourth-order valence-electron chi connectivity index (χ4n) is 1.28. The van der Waals surface area contributed by atoms with Gasteiger partial charge < -0.3 is 5.11 Å². The van der Waals surface area contributed by atoms with Crippen LogP contribution in [0.15, 0.2) is 30.5 Å². The number of aromatic carboxylic acids is 1. The first-order valence-corrected chi connectivity index (χ1v) is 4.97. The molecule has 1 aromatic heterocycles. The van der Waals surface area contributed by atoms with Crippen molar-refractivity contribution in [3.05, 3.63) is 47.1 Å². The first kappa shape index (κ1) is 11.5. The van der Waals surface area contributed by atoms with Crippen molar-refractivity contribution < 1.29 is 14.3 Å². The Morgan fingerprint density at radius 1 is 1.29 bits per heavy atom. The van der Waals surface area contributed by atoms with E-state index < -0.39 is 11.8 Å². The zero-order chi connectivity index (χ0) is 12.4. The van der Waals surface area contributed by atoms with E-state index in [4.69, 9.17) is 16.7 Å². The second-order valence-corrected chi connectivity index (χ2v) is 3.61. The third-order valence-corrected chi connectivity index (χ3v) is 2.33. The molecule has 1 aromatic carbocycles. The first-order valence-electron chi connectivity index (χ1n) is 4.59. The van der Waals surface area contributed by atoms with Crippen molar-refractivity contribution in [3.8, 4) is 11.3 Å². The molecule has 86 valence electrons. The summed E-state index contributed by atoms with van der Waals surface area (Å²) < 4.78 is 12.8. The van der Waals surface area contributed by atoms with Crippen LogP contribution in [0.1, 0.15) is 10.6 Å². The first-order chi connectivity index (χ1) is 8.08. The minimum absolute atomic E-state index is 0.210. The Kier molecular flexibility index (Phi) is 3.01. The van der Waals surface area contributed by atoms with Crippen LogP contribution in [0, 0.1) is 5.82 Å². The Bertz CT molecular complexity index is 572. The van der Waals surface area contributed by atoms with Crippen LogP contribution in [0.5, 0.6) is 0 Å². The Morgan fingerprint density at radius 3 is 2.53 bits per heavy atom. The molecule has 0 fully saturated rings. The van der Waals surface area contributed by atoms with Crippen molar-refractivity contribution in [3.63, 3.8) is 0 Å². The summed E-state index contributed by atoms with van der Waals surface area (Å²) in [5.41, 5.74) is 0.792. The molecule has 0 unspecified atom stereocenters. The van der Waals surface area contributed by atoms with Crippen molar-refractivity contribution in [2.45, 2.75) is 0 Å². The highest BCUT2D eigenvalue weighted by atomic mass is 35.5. The fraction of sp³-hybridized carbons (Fsp3) is 0. The lowest BCUT2D eigenvalue weighted by Crippen LogP contribution is -2.04. The number of rotatable bonds is 2. The van der Waals surface area contributed by atoms with Gasteiger partial charge in [0.25, 0.3) is 0 Å². The standard InChI is InChI=1S/C11H6ClFN2O2/c12-8-5-14-10(11(16)17)15-9(8)6-1-3-7(13)4-2-6/h1-5H,(H,16,17). The highest BCUT2D eigenvalue weighted by molar-refractivity contribution is 6.32. The lowest BCUT2D eigenvalue weighted by atomic mass is 10.1. The summed E-state index contributed by atoms with van der Waals surface area (Å²) in [6, 6.07) is 5.42. The van der Waals surface area contributed by atoms with Crippen LogP contribution in [0.25, 0.3) is 11.3 Å². The Hall–Kier alpha value is -2.01. The molecule has 1 heterocycles. The van der Waals surface area contributed by atoms with Crippen LogP contribution in [-0.2, 0) is 0 Å². The van der Waals surface area contributed by atoms with Crippen LogP contribution in [0.4, 0.5) is 4.39 Å². The predicted octanol–water partition coefficient (Wildman–Crippen LogP) is 2.63. The minimum Gasteiger partial charge on any atom is -0.475 e. The van der Waals surface area contributed by atoms with Gasteiger partial charge in [-0.15, -0.1) is 0 Å². The normalized spacial score (nSPS) is 10.2. The van der Waals surface area contributed by atoms with Gasteiger partial charge in [-0.05, 0) is 24.3 Å². The quantitative estimate of drug-likeness (QED) is 0.892. The largest absolute Gasteiger partial charge is 0.475 e. The maximum atomic E-state index is 12.8. The monoisotopic (exact) mass is 252 g/mol. The number of carboxylic acids is 1. The SMILES string of the molecule is O=C(O)c1ncc(Cl)c(-c2ccc(F)cc2)n1. The van der Waals surface area contributed by atoms with Crippen LogP contribution < -0.4 is 0 Å². The summed E-state index contributed by atoms with van der Waals surface area (Å²) in [5, 5.41) is 8.97. The molecule has 6 heteroatoms. The van der Waals surface area contributed by atoms with E-state index in [2.05, 4.69) is 9.97 Å². The van der Waals surface area contributed by atoms with E-state index in [1.165, 1.54) is 30.5 Å². The zero-order valence-electron chi connectivity index (χ0n) is 8.39. The molecule has 2 aromatic rings. The van der Waals surface area contributed by atoms with Crippen molar-refractivity contribution in [2.75, 3.05) is 0 Å². The Balaban J connectivity index is 2.54. The van der Waals surface area contributed by atoms with Crippen molar-refractivity contribution in [1.82, 2.24) is 9.97 Å². The molecule has 0 aliphatic carbocycles. The molecule has 0 atom stereocenters. The number of hydrogen-bond donors (Lipinski definition) is 1. The molecule has 0 bridgehead atoms. The average Bonchev–Trinajstić information content (AvgIpc) is 2.31. The molecule has 0 aliphatic rings. The molecule has 0 amide bonds. The second kappa shape index (κ2) is 4.47. The van der Waals surface area contributed by atoms with E-state index in [9.17, 15) is 9.18 Å². The lowest BCUT2D eigenvalue weighted by Gasteiger charge is -2.03. The molecule has 2 rings (SSSR count). The summed E-state index contributed by atoms with van der Waals surface area (Å²) in [4.78, 5) is 18.1. The highest BCUT2D eigenvalue weighted by Crippen LogP contribution is 2.25. The van der Waals surface area contributed by atoms with E-state index in [1.807, 2.05) is 0 Å². The number of halogens is 2. The maximum Gasteiger partial charge on any atom is 0.373 e. The van der Waals surface area contributed by atoms with E-state index in [0.29, 0.717) is 5.56 Å². The number of aromatic nitrogens is 2. The number of nitrogens with zero attached hydrogens (tertiary/aromatic N) is 2. The summed E-state index contributed by atoms with van der Waals surface area (Å²) in [6.07, 6.45) is 1.21. The molecule has 17 heavy (non-hydrogen) atoms. The summed E-state index contributed by atoms with van der Waals surface area (Å²) in [7, 11) is 0. The van der Waals surface area contributed by atoms with Crippen LogP contribution in [-0.4, -0.2) is 21.0 Å². The second-order valence-electron chi connectivity index (χ2n) is 3.20. The number of carbonyl (C=O) groups is 1. The molecule has 0 radical (unpaired) electrons. The zero-order valence-corrected chi connectivity index (χ0v) is 9.15. The molecule has 0 saturated carbocycles. The Labute approximate surface area is 101 Å². The third-order valence-electron chi connectivity index (χ3n) is 2.05. The Morgan fingerprint density at radius 2 is 1.94 bits per heavy atom. The summed E-state index contributed by atoms with van der Waals surface area (Å²) >= 11 is 5.86. The van der Waals surface area contributed by atoms with Gasteiger partial charge in [0.05, 0.1) is 16.9 Å². The molecule has 4 nitrogen and oxygen atoms in total. The van der Waals surface area contributed by atoms with Gasteiger partial charge >= 0.3 is 5.97 Å². The van der Waals surface area contributed by atoms with Crippen LogP contribution in [0.3, 0.4) is 0 Å². The van der Waals surface area contributed by atoms with Crippen molar-refractivity contribution in [2.24, 2.45) is 0 Å².